The van der Waals surface area contributed by atoms with Gasteiger partial charge in [-0.2, -0.15) is 0 Å². The maximum absolute atomic E-state index is 12.7. The highest BCUT2D eigenvalue weighted by Gasteiger charge is 2.30. The van der Waals surface area contributed by atoms with Crippen molar-refractivity contribution >= 4 is 34.9 Å². The summed E-state index contributed by atoms with van der Waals surface area (Å²) in [5.74, 6) is 0.806. The molecule has 4 nitrogen and oxygen atoms in total. The molecule has 126 valence electrons. The number of anilines is 1. The molecule has 1 aliphatic rings. The minimum atomic E-state index is -0.155. The maximum Gasteiger partial charge on any atom is 0.322 e. The van der Waals surface area contributed by atoms with E-state index in [1.807, 2.05) is 29.2 Å². The summed E-state index contributed by atoms with van der Waals surface area (Å²) >= 11 is 12.0. The van der Waals surface area contributed by atoms with Gasteiger partial charge >= 0.3 is 6.03 Å². The first-order chi connectivity index (χ1) is 11.6. The summed E-state index contributed by atoms with van der Waals surface area (Å²) in [6.45, 7) is 0.716. The fraction of sp³-hybridized carbons (Fsp3) is 0.278. The van der Waals surface area contributed by atoms with Gasteiger partial charge in [0.15, 0.2) is 0 Å². The molecule has 0 radical (unpaired) electrons. The predicted octanol–water partition coefficient (Wildman–Crippen LogP) is 5.37. The van der Waals surface area contributed by atoms with Crippen molar-refractivity contribution in [1.82, 2.24) is 4.90 Å². The molecule has 1 atom stereocenters. The van der Waals surface area contributed by atoms with Crippen LogP contribution in [0.1, 0.15) is 24.4 Å². The fourth-order valence-electron chi connectivity index (χ4n) is 2.96. The normalized spacial score (nSPS) is 17.0. The average molecular weight is 365 g/mol. The van der Waals surface area contributed by atoms with E-state index in [4.69, 9.17) is 27.9 Å². The quantitative estimate of drug-likeness (QED) is 0.794. The fourth-order valence-corrected chi connectivity index (χ4v) is 3.42. The largest absolute Gasteiger partial charge is 0.497 e. The van der Waals surface area contributed by atoms with Gasteiger partial charge in [-0.05, 0) is 48.7 Å². The van der Waals surface area contributed by atoms with Crippen LogP contribution in [0.15, 0.2) is 42.5 Å². The molecule has 1 unspecified atom stereocenters. The SMILES string of the molecule is COc1ccc(C2CCCN2C(=O)Nc2ccc(Cl)cc2Cl)cc1. The van der Waals surface area contributed by atoms with Gasteiger partial charge in [-0.15, -0.1) is 0 Å². The zero-order valence-electron chi connectivity index (χ0n) is 13.3. The van der Waals surface area contributed by atoms with Crippen molar-refractivity contribution in [2.24, 2.45) is 0 Å². The van der Waals surface area contributed by atoms with Crippen LogP contribution in [0.4, 0.5) is 10.5 Å². The molecule has 0 spiro atoms. The van der Waals surface area contributed by atoms with Gasteiger partial charge in [0.1, 0.15) is 5.75 Å². The number of halogens is 2. The second-order valence-corrected chi connectivity index (χ2v) is 6.52. The molecule has 0 saturated carbocycles. The number of hydrogen-bond donors (Lipinski definition) is 1. The van der Waals surface area contributed by atoms with E-state index in [1.54, 1.807) is 25.3 Å². The first-order valence-corrected chi connectivity index (χ1v) is 8.50. The minimum absolute atomic E-state index is 0.0574. The summed E-state index contributed by atoms with van der Waals surface area (Å²) in [4.78, 5) is 14.5. The van der Waals surface area contributed by atoms with Crippen LogP contribution in [0.25, 0.3) is 0 Å². The lowest BCUT2D eigenvalue weighted by Gasteiger charge is -2.25. The molecule has 0 aromatic heterocycles. The minimum Gasteiger partial charge on any atom is -0.497 e. The zero-order chi connectivity index (χ0) is 17.1. The number of carbonyl (C=O) groups excluding carboxylic acids is 1. The average Bonchev–Trinajstić information content (AvgIpc) is 3.07. The number of nitrogens with zero attached hydrogens (tertiary/aromatic N) is 1. The highest BCUT2D eigenvalue weighted by Crippen LogP contribution is 2.34. The van der Waals surface area contributed by atoms with Crippen LogP contribution in [-0.4, -0.2) is 24.6 Å². The third kappa shape index (κ3) is 3.60. The second kappa shape index (κ2) is 7.32. The van der Waals surface area contributed by atoms with Crippen LogP contribution in [0.3, 0.4) is 0 Å². The van der Waals surface area contributed by atoms with Crippen molar-refractivity contribution in [3.8, 4) is 5.75 Å². The van der Waals surface area contributed by atoms with Crippen molar-refractivity contribution in [2.45, 2.75) is 18.9 Å². The molecule has 2 aromatic carbocycles. The summed E-state index contributed by atoms with van der Waals surface area (Å²) in [5.41, 5.74) is 1.66. The van der Waals surface area contributed by atoms with E-state index < -0.39 is 0 Å². The van der Waals surface area contributed by atoms with Crippen molar-refractivity contribution in [2.75, 3.05) is 19.0 Å². The molecule has 1 aliphatic heterocycles. The van der Waals surface area contributed by atoms with Crippen LogP contribution >= 0.6 is 23.2 Å². The Morgan fingerprint density at radius 2 is 1.96 bits per heavy atom. The number of amides is 2. The first kappa shape index (κ1) is 16.9. The van der Waals surface area contributed by atoms with Gasteiger partial charge in [-0.25, -0.2) is 4.79 Å². The predicted molar refractivity (Wildman–Crippen MR) is 97.2 cm³/mol. The van der Waals surface area contributed by atoms with Crippen LogP contribution in [-0.2, 0) is 0 Å². The molecule has 6 heteroatoms. The molecule has 2 amide bonds. The Hall–Kier alpha value is -1.91. The van der Waals surface area contributed by atoms with Gasteiger partial charge < -0.3 is 15.0 Å². The van der Waals surface area contributed by atoms with E-state index in [0.29, 0.717) is 22.3 Å². The first-order valence-electron chi connectivity index (χ1n) is 7.75. The van der Waals surface area contributed by atoms with Crippen LogP contribution in [0.2, 0.25) is 10.0 Å². The summed E-state index contributed by atoms with van der Waals surface area (Å²) in [7, 11) is 1.64. The van der Waals surface area contributed by atoms with E-state index in [-0.39, 0.29) is 12.1 Å². The summed E-state index contributed by atoms with van der Waals surface area (Å²) in [6.07, 6.45) is 1.91. The Morgan fingerprint density at radius 3 is 2.62 bits per heavy atom. The Bertz CT molecular complexity index is 734. The lowest BCUT2D eigenvalue weighted by molar-refractivity contribution is 0.207. The molecular formula is C18H18Cl2N2O2. The number of rotatable bonds is 3. The topological polar surface area (TPSA) is 41.6 Å². The summed E-state index contributed by atoms with van der Waals surface area (Å²) in [6, 6.07) is 12.8. The van der Waals surface area contributed by atoms with Crippen LogP contribution in [0.5, 0.6) is 5.75 Å². The molecule has 0 bridgehead atoms. The van der Waals surface area contributed by atoms with Crippen molar-refractivity contribution in [1.29, 1.82) is 0 Å². The highest BCUT2D eigenvalue weighted by atomic mass is 35.5. The Kier molecular flexibility index (Phi) is 5.17. The number of urea groups is 1. The summed E-state index contributed by atoms with van der Waals surface area (Å²) < 4.78 is 5.19. The number of ether oxygens (including phenoxy) is 1. The standard InChI is InChI=1S/C18H18Cl2N2O2/c1-24-14-7-4-12(5-8-14)17-3-2-10-22(17)18(23)21-16-9-6-13(19)11-15(16)20/h4-9,11,17H,2-3,10H2,1H3,(H,21,23). The van der Waals surface area contributed by atoms with Crippen molar-refractivity contribution < 1.29 is 9.53 Å². The van der Waals surface area contributed by atoms with Gasteiger partial charge in [0.2, 0.25) is 0 Å². The molecule has 3 rings (SSSR count). The van der Waals surface area contributed by atoms with Gasteiger partial charge in [0.05, 0.1) is 23.9 Å². The summed E-state index contributed by atoms with van der Waals surface area (Å²) in [5, 5.41) is 3.84. The lowest BCUT2D eigenvalue weighted by atomic mass is 10.0. The molecule has 1 fully saturated rings. The molecule has 1 heterocycles. The van der Waals surface area contributed by atoms with Gasteiger partial charge in [-0.1, -0.05) is 35.3 Å². The molecule has 24 heavy (non-hydrogen) atoms. The van der Waals surface area contributed by atoms with Crippen molar-refractivity contribution in [3.63, 3.8) is 0 Å². The second-order valence-electron chi connectivity index (χ2n) is 5.68. The van der Waals surface area contributed by atoms with E-state index in [1.165, 1.54) is 0 Å². The van der Waals surface area contributed by atoms with E-state index in [2.05, 4.69) is 5.32 Å². The van der Waals surface area contributed by atoms with Crippen LogP contribution in [0, 0.1) is 0 Å². The smallest absolute Gasteiger partial charge is 0.322 e. The number of nitrogens with one attached hydrogen (secondary N) is 1. The van der Waals surface area contributed by atoms with E-state index in [9.17, 15) is 4.79 Å². The number of carbonyl (C=O) groups is 1. The van der Waals surface area contributed by atoms with Crippen LogP contribution < -0.4 is 10.1 Å². The third-order valence-electron chi connectivity index (χ3n) is 4.19. The number of likely N-dealkylation sites (tertiary alicyclic amines) is 1. The third-order valence-corrected chi connectivity index (χ3v) is 4.73. The number of benzene rings is 2. The Morgan fingerprint density at radius 1 is 1.21 bits per heavy atom. The molecule has 2 aromatic rings. The monoisotopic (exact) mass is 364 g/mol. The Balaban J connectivity index is 1.75. The highest BCUT2D eigenvalue weighted by molar-refractivity contribution is 6.36. The maximum atomic E-state index is 12.7. The van der Waals surface area contributed by atoms with Gasteiger partial charge in [0.25, 0.3) is 0 Å². The molecule has 1 N–H and O–H groups in total. The number of methoxy groups -OCH3 is 1. The molecular weight excluding hydrogens is 347 g/mol. The van der Waals surface area contributed by atoms with Crippen molar-refractivity contribution in [3.05, 3.63) is 58.1 Å². The van der Waals surface area contributed by atoms with E-state index in [0.717, 1.165) is 24.2 Å². The lowest BCUT2D eigenvalue weighted by Crippen LogP contribution is -2.34. The van der Waals surface area contributed by atoms with Gasteiger partial charge in [0, 0.05) is 11.6 Å². The molecule has 1 saturated heterocycles. The molecule has 0 aliphatic carbocycles. The Labute approximate surface area is 151 Å². The van der Waals surface area contributed by atoms with E-state index >= 15 is 0 Å². The zero-order valence-corrected chi connectivity index (χ0v) is 14.8. The number of hydrogen-bond acceptors (Lipinski definition) is 2. The van der Waals surface area contributed by atoms with Gasteiger partial charge in [-0.3, -0.25) is 0 Å².